The first kappa shape index (κ1) is 14.5. The molecule has 0 unspecified atom stereocenters. The van der Waals surface area contributed by atoms with Gasteiger partial charge in [0, 0.05) is 24.0 Å². The van der Waals surface area contributed by atoms with E-state index in [1.807, 2.05) is 18.2 Å². The van der Waals surface area contributed by atoms with E-state index >= 15 is 0 Å². The van der Waals surface area contributed by atoms with E-state index < -0.39 is 0 Å². The Morgan fingerprint density at radius 2 is 2.05 bits per heavy atom. The van der Waals surface area contributed by atoms with Crippen LogP contribution in [-0.2, 0) is 11.2 Å². The first-order valence-electron chi connectivity index (χ1n) is 6.57. The molecule has 0 aliphatic carbocycles. The third-order valence-electron chi connectivity index (χ3n) is 2.73. The van der Waals surface area contributed by atoms with Gasteiger partial charge in [-0.25, -0.2) is 0 Å². The molecule has 0 spiro atoms. The highest BCUT2D eigenvalue weighted by Crippen LogP contribution is 2.16. The Kier molecular flexibility index (Phi) is 5.30. The second kappa shape index (κ2) is 7.65. The molecule has 2 aromatic rings. The average Bonchev–Trinajstić information content (AvgIpc) is 2.50. The number of nitriles is 1. The first-order valence-corrected chi connectivity index (χ1v) is 6.57. The second-order valence-electron chi connectivity index (χ2n) is 4.33. The van der Waals surface area contributed by atoms with E-state index in [-0.39, 0.29) is 12.3 Å². The van der Waals surface area contributed by atoms with Crippen LogP contribution >= 0.6 is 0 Å². The van der Waals surface area contributed by atoms with E-state index in [0.717, 1.165) is 17.9 Å². The summed E-state index contributed by atoms with van der Waals surface area (Å²) in [5, 5.41) is 11.0. The fourth-order valence-corrected chi connectivity index (χ4v) is 1.73. The normalized spacial score (nSPS) is 9.67. The molecule has 1 aromatic carbocycles. The maximum absolute atomic E-state index is 11.3. The number of ether oxygens (including phenoxy) is 1. The van der Waals surface area contributed by atoms with Crippen LogP contribution in [0.2, 0.25) is 0 Å². The third kappa shape index (κ3) is 4.96. The molecule has 21 heavy (non-hydrogen) atoms. The van der Waals surface area contributed by atoms with E-state index in [9.17, 15) is 4.79 Å². The van der Waals surface area contributed by atoms with Gasteiger partial charge in [0.2, 0.25) is 5.91 Å². The average molecular weight is 281 g/mol. The number of hydrogen-bond acceptors (Lipinski definition) is 4. The molecule has 5 heteroatoms. The van der Waals surface area contributed by atoms with E-state index in [2.05, 4.69) is 10.3 Å². The number of hydrogen-bond donors (Lipinski definition) is 1. The molecule has 1 aromatic heterocycles. The summed E-state index contributed by atoms with van der Waals surface area (Å²) in [5.74, 6) is 0.408. The summed E-state index contributed by atoms with van der Waals surface area (Å²) in [6.45, 7) is 0.539. The number of benzene rings is 1. The molecule has 0 saturated carbocycles. The van der Waals surface area contributed by atoms with Crippen molar-refractivity contribution in [3.63, 3.8) is 0 Å². The summed E-state index contributed by atoms with van der Waals surface area (Å²) in [6, 6.07) is 14.6. The predicted molar refractivity (Wildman–Crippen MR) is 78.7 cm³/mol. The van der Waals surface area contributed by atoms with Crippen molar-refractivity contribution in [2.75, 3.05) is 11.9 Å². The largest absolute Gasteiger partial charge is 0.493 e. The molecule has 1 N–H and O–H groups in total. The fourth-order valence-electron chi connectivity index (χ4n) is 1.73. The zero-order chi connectivity index (χ0) is 14.9. The third-order valence-corrected chi connectivity index (χ3v) is 2.73. The van der Waals surface area contributed by atoms with Crippen molar-refractivity contribution < 1.29 is 9.53 Å². The second-order valence-corrected chi connectivity index (χ2v) is 4.33. The molecule has 5 nitrogen and oxygen atoms in total. The van der Waals surface area contributed by atoms with Crippen LogP contribution in [-0.4, -0.2) is 17.5 Å². The SMILES string of the molecule is N#CCC(=O)Nc1ccc(OCCc2ccccn2)cc1. The van der Waals surface area contributed by atoms with Gasteiger partial charge in [-0.1, -0.05) is 6.07 Å². The summed E-state index contributed by atoms with van der Waals surface area (Å²) in [4.78, 5) is 15.5. The molecule has 0 aliphatic rings. The predicted octanol–water partition coefficient (Wildman–Crippen LogP) is 2.56. The van der Waals surface area contributed by atoms with E-state index in [0.29, 0.717) is 12.3 Å². The molecule has 0 atom stereocenters. The number of rotatable bonds is 6. The van der Waals surface area contributed by atoms with Gasteiger partial charge in [-0.3, -0.25) is 9.78 Å². The first-order chi connectivity index (χ1) is 10.3. The quantitative estimate of drug-likeness (QED) is 0.883. The number of nitrogens with one attached hydrogen (secondary N) is 1. The van der Waals surface area contributed by atoms with Gasteiger partial charge in [0.15, 0.2) is 0 Å². The monoisotopic (exact) mass is 281 g/mol. The zero-order valence-electron chi connectivity index (χ0n) is 11.5. The van der Waals surface area contributed by atoms with Crippen LogP contribution in [0.25, 0.3) is 0 Å². The van der Waals surface area contributed by atoms with Crippen LogP contribution < -0.4 is 10.1 Å². The summed E-state index contributed by atoms with van der Waals surface area (Å²) in [7, 11) is 0. The molecule has 0 fully saturated rings. The number of amides is 1. The highest BCUT2D eigenvalue weighted by Gasteiger charge is 2.01. The Morgan fingerprint density at radius 3 is 2.71 bits per heavy atom. The Morgan fingerprint density at radius 1 is 1.24 bits per heavy atom. The molecule has 0 radical (unpaired) electrons. The lowest BCUT2D eigenvalue weighted by Crippen LogP contribution is -2.10. The smallest absolute Gasteiger partial charge is 0.238 e. The lowest BCUT2D eigenvalue weighted by Gasteiger charge is -2.07. The molecule has 106 valence electrons. The van der Waals surface area contributed by atoms with Gasteiger partial charge in [0.05, 0.1) is 12.7 Å². The number of nitrogens with zero attached hydrogens (tertiary/aromatic N) is 2. The minimum Gasteiger partial charge on any atom is -0.493 e. The van der Waals surface area contributed by atoms with E-state index in [1.165, 1.54) is 0 Å². The minimum absolute atomic E-state index is 0.150. The van der Waals surface area contributed by atoms with Crippen LogP contribution in [0.15, 0.2) is 48.7 Å². The Balaban J connectivity index is 1.80. The number of pyridine rings is 1. The van der Waals surface area contributed by atoms with Crippen LogP contribution in [0.5, 0.6) is 5.75 Å². The fraction of sp³-hybridized carbons (Fsp3) is 0.188. The lowest BCUT2D eigenvalue weighted by atomic mass is 10.2. The van der Waals surface area contributed by atoms with Gasteiger partial charge < -0.3 is 10.1 Å². The van der Waals surface area contributed by atoms with Crippen molar-refractivity contribution in [3.8, 4) is 11.8 Å². The van der Waals surface area contributed by atoms with Crippen molar-refractivity contribution in [1.82, 2.24) is 4.98 Å². The highest BCUT2D eigenvalue weighted by molar-refractivity contribution is 5.92. The lowest BCUT2D eigenvalue weighted by molar-refractivity contribution is -0.115. The standard InChI is InChI=1S/C16H15N3O2/c17-10-8-16(20)19-14-4-6-15(7-5-14)21-12-9-13-3-1-2-11-18-13/h1-7,11H,8-9,12H2,(H,19,20). The van der Waals surface area contributed by atoms with E-state index in [1.54, 1.807) is 36.5 Å². The van der Waals surface area contributed by atoms with Gasteiger partial charge in [-0.05, 0) is 36.4 Å². The topological polar surface area (TPSA) is 75.0 Å². The molecule has 2 rings (SSSR count). The molecule has 1 amide bonds. The summed E-state index contributed by atoms with van der Waals surface area (Å²) in [6.07, 6.45) is 2.35. The molecular weight excluding hydrogens is 266 g/mol. The Hall–Kier alpha value is -2.87. The zero-order valence-corrected chi connectivity index (χ0v) is 11.5. The van der Waals surface area contributed by atoms with Gasteiger partial charge in [-0.15, -0.1) is 0 Å². The number of carbonyl (C=O) groups excluding carboxylic acids is 1. The van der Waals surface area contributed by atoms with Crippen molar-refractivity contribution in [2.45, 2.75) is 12.8 Å². The van der Waals surface area contributed by atoms with Crippen LogP contribution in [0.4, 0.5) is 5.69 Å². The van der Waals surface area contributed by atoms with Crippen LogP contribution in [0, 0.1) is 11.3 Å². The Bertz CT molecular complexity index is 618. The van der Waals surface area contributed by atoms with Crippen molar-refractivity contribution in [1.29, 1.82) is 5.26 Å². The van der Waals surface area contributed by atoms with E-state index in [4.69, 9.17) is 10.00 Å². The van der Waals surface area contributed by atoms with Crippen LogP contribution in [0.3, 0.4) is 0 Å². The maximum Gasteiger partial charge on any atom is 0.238 e. The Labute approximate surface area is 123 Å². The van der Waals surface area contributed by atoms with Crippen molar-refractivity contribution in [2.24, 2.45) is 0 Å². The summed E-state index contributed by atoms with van der Waals surface area (Å²) < 4.78 is 5.61. The van der Waals surface area contributed by atoms with Crippen LogP contribution in [0.1, 0.15) is 12.1 Å². The molecule has 0 aliphatic heterocycles. The van der Waals surface area contributed by atoms with Crippen molar-refractivity contribution >= 4 is 11.6 Å². The number of carbonyl (C=O) groups is 1. The van der Waals surface area contributed by atoms with Gasteiger partial charge >= 0.3 is 0 Å². The molecule has 1 heterocycles. The van der Waals surface area contributed by atoms with Gasteiger partial charge in [-0.2, -0.15) is 5.26 Å². The maximum atomic E-state index is 11.3. The summed E-state index contributed by atoms with van der Waals surface area (Å²) in [5.41, 5.74) is 1.63. The van der Waals surface area contributed by atoms with Crippen molar-refractivity contribution in [3.05, 3.63) is 54.4 Å². The number of anilines is 1. The van der Waals surface area contributed by atoms with Gasteiger partial charge in [0.1, 0.15) is 12.2 Å². The minimum atomic E-state index is -0.318. The summed E-state index contributed by atoms with van der Waals surface area (Å²) >= 11 is 0. The highest BCUT2D eigenvalue weighted by atomic mass is 16.5. The molecular formula is C16H15N3O2. The molecule has 0 saturated heterocycles. The molecule has 0 bridgehead atoms. The number of aromatic nitrogens is 1. The van der Waals surface area contributed by atoms with Gasteiger partial charge in [0.25, 0.3) is 0 Å².